The molecule has 2 aromatic rings. The van der Waals surface area contributed by atoms with Crippen molar-refractivity contribution in [2.45, 2.75) is 57.9 Å². The number of benzene rings is 1. The van der Waals surface area contributed by atoms with Gasteiger partial charge in [0.2, 0.25) is 0 Å². The highest BCUT2D eigenvalue weighted by atomic mass is 16.4. The minimum Gasteiger partial charge on any atom is -0.481 e. The maximum atomic E-state index is 12.8. The van der Waals surface area contributed by atoms with Gasteiger partial charge in [-0.1, -0.05) is 12.1 Å². The number of hydrogen-bond donors (Lipinski definition) is 2. The van der Waals surface area contributed by atoms with Crippen LogP contribution in [0.25, 0.3) is 11.0 Å². The van der Waals surface area contributed by atoms with Gasteiger partial charge in [0.1, 0.15) is 16.9 Å². The van der Waals surface area contributed by atoms with E-state index in [0.717, 1.165) is 35.3 Å². The molecule has 2 heterocycles. The van der Waals surface area contributed by atoms with Crippen LogP contribution in [0.5, 0.6) is 0 Å². The molecule has 31 heavy (non-hydrogen) atoms. The van der Waals surface area contributed by atoms with Crippen molar-refractivity contribution < 1.29 is 28.7 Å². The van der Waals surface area contributed by atoms with Crippen LogP contribution < -0.4 is 5.32 Å². The zero-order valence-corrected chi connectivity index (χ0v) is 17.7. The Morgan fingerprint density at radius 1 is 1.26 bits per heavy atom. The highest BCUT2D eigenvalue weighted by Crippen LogP contribution is 2.33. The Kier molecular flexibility index (Phi) is 5.33. The van der Waals surface area contributed by atoms with E-state index in [-0.39, 0.29) is 31.1 Å². The highest BCUT2D eigenvalue weighted by molar-refractivity contribution is 6.06. The van der Waals surface area contributed by atoms with Gasteiger partial charge in [0, 0.05) is 35.9 Å². The van der Waals surface area contributed by atoms with Crippen LogP contribution in [0.1, 0.15) is 61.2 Å². The number of Topliss-reactive ketones (excluding diaryl/α,β-unsaturated/α-hetero) is 1. The van der Waals surface area contributed by atoms with Crippen LogP contribution in [0.3, 0.4) is 0 Å². The second-order valence-electron chi connectivity index (χ2n) is 8.88. The van der Waals surface area contributed by atoms with Crippen molar-refractivity contribution in [3.05, 3.63) is 35.1 Å². The fourth-order valence-corrected chi connectivity index (χ4v) is 4.45. The summed E-state index contributed by atoms with van der Waals surface area (Å²) < 4.78 is 5.87. The largest absolute Gasteiger partial charge is 0.481 e. The van der Waals surface area contributed by atoms with Crippen molar-refractivity contribution in [1.82, 2.24) is 10.2 Å². The molecule has 1 aromatic carbocycles. The van der Waals surface area contributed by atoms with E-state index < -0.39 is 23.5 Å². The van der Waals surface area contributed by atoms with Crippen LogP contribution in [-0.4, -0.2) is 45.8 Å². The molecule has 0 saturated carbocycles. The smallest absolute Gasteiger partial charge is 0.325 e. The van der Waals surface area contributed by atoms with E-state index in [1.54, 1.807) is 26.0 Å². The number of carbonyl (C=O) groups is 4. The number of aliphatic carboxylic acids is 1. The molecule has 2 N–H and O–H groups in total. The molecule has 1 atom stereocenters. The van der Waals surface area contributed by atoms with Crippen LogP contribution in [-0.2, 0) is 22.4 Å². The number of carboxylic acids is 1. The lowest BCUT2D eigenvalue weighted by Gasteiger charge is -2.17. The predicted molar refractivity (Wildman–Crippen MR) is 112 cm³/mol. The molecule has 0 unspecified atom stereocenters. The first-order valence-electron chi connectivity index (χ1n) is 10.6. The van der Waals surface area contributed by atoms with Gasteiger partial charge < -0.3 is 14.8 Å². The number of hydrogen-bond acceptors (Lipinski definition) is 5. The molecule has 0 spiro atoms. The molecule has 1 saturated heterocycles. The van der Waals surface area contributed by atoms with E-state index in [2.05, 4.69) is 5.32 Å². The summed E-state index contributed by atoms with van der Waals surface area (Å²) in [6, 6.07) is 4.83. The number of fused-ring (bicyclic) bond motifs is 3. The van der Waals surface area contributed by atoms with E-state index in [9.17, 15) is 24.3 Å². The van der Waals surface area contributed by atoms with E-state index in [4.69, 9.17) is 4.42 Å². The minimum atomic E-state index is -1.07. The quantitative estimate of drug-likeness (QED) is 0.494. The lowest BCUT2D eigenvalue weighted by Crippen LogP contribution is -2.40. The maximum absolute atomic E-state index is 12.8. The second-order valence-corrected chi connectivity index (χ2v) is 8.88. The Labute approximate surface area is 179 Å². The third kappa shape index (κ3) is 3.94. The lowest BCUT2D eigenvalue weighted by molar-refractivity contribution is -0.141. The number of carbonyl (C=O) groups excluding carboxylic acids is 3. The van der Waals surface area contributed by atoms with Crippen molar-refractivity contribution in [3.8, 4) is 0 Å². The number of imide groups is 1. The number of nitrogens with one attached hydrogen (secondary N) is 1. The number of urea groups is 1. The molecule has 0 bridgehead atoms. The molecule has 164 valence electrons. The average molecular weight is 426 g/mol. The van der Waals surface area contributed by atoms with Crippen LogP contribution in [0.4, 0.5) is 4.79 Å². The van der Waals surface area contributed by atoms with Crippen LogP contribution in [0.2, 0.25) is 0 Å². The highest BCUT2D eigenvalue weighted by Gasteiger charge is 2.43. The molecule has 8 nitrogen and oxygen atoms in total. The van der Waals surface area contributed by atoms with Gasteiger partial charge in [-0.25, -0.2) is 4.79 Å². The van der Waals surface area contributed by atoms with Gasteiger partial charge in [-0.05, 0) is 45.6 Å². The number of furan rings is 1. The van der Waals surface area contributed by atoms with Crippen molar-refractivity contribution >= 4 is 34.7 Å². The Bertz CT molecular complexity index is 1080. The summed E-state index contributed by atoms with van der Waals surface area (Å²) in [5.74, 6) is -1.57. The van der Waals surface area contributed by atoms with Gasteiger partial charge in [0.25, 0.3) is 5.91 Å². The van der Waals surface area contributed by atoms with Crippen molar-refractivity contribution in [3.63, 3.8) is 0 Å². The Morgan fingerprint density at radius 3 is 2.71 bits per heavy atom. The summed E-state index contributed by atoms with van der Waals surface area (Å²) in [5.41, 5.74) is 1.36. The van der Waals surface area contributed by atoms with Gasteiger partial charge in [-0.3, -0.25) is 19.3 Å². The van der Waals surface area contributed by atoms with E-state index in [1.165, 1.54) is 5.56 Å². The lowest BCUT2D eigenvalue weighted by atomic mass is 9.93. The molecular weight excluding hydrogens is 400 g/mol. The molecule has 1 aromatic heterocycles. The number of aryl methyl sites for hydroxylation is 2. The zero-order valence-electron chi connectivity index (χ0n) is 17.7. The summed E-state index contributed by atoms with van der Waals surface area (Å²) in [6.45, 7) is 3.36. The first kappa shape index (κ1) is 21.1. The number of ketones is 1. The Morgan fingerprint density at radius 2 is 2.03 bits per heavy atom. The molecule has 4 rings (SSSR count). The fourth-order valence-electron chi connectivity index (χ4n) is 4.45. The third-order valence-electron chi connectivity index (χ3n) is 6.19. The second kappa shape index (κ2) is 7.83. The van der Waals surface area contributed by atoms with E-state index in [0.29, 0.717) is 17.6 Å². The first-order chi connectivity index (χ1) is 14.7. The molecule has 0 radical (unpaired) electrons. The topological polar surface area (TPSA) is 117 Å². The number of amides is 3. The average Bonchev–Trinajstić information content (AvgIpc) is 3.34. The van der Waals surface area contributed by atoms with Gasteiger partial charge >= 0.3 is 12.0 Å². The Hall–Kier alpha value is -3.16. The van der Waals surface area contributed by atoms with Gasteiger partial charge in [0.15, 0.2) is 5.78 Å². The van der Waals surface area contributed by atoms with E-state index in [1.807, 2.05) is 6.07 Å². The molecule has 1 aliphatic carbocycles. The van der Waals surface area contributed by atoms with Gasteiger partial charge in [-0.15, -0.1) is 0 Å². The molecular formula is C23H26N2O6. The normalized spacial score (nSPS) is 18.3. The van der Waals surface area contributed by atoms with Crippen LogP contribution in [0.15, 0.2) is 22.6 Å². The number of carboxylic acid groups (broad SMARTS) is 1. The standard InChI is InChI=1S/C23H26N2O6/c1-23(2)21(29)25(22(30)24-23)10-4-5-14(20(27)28)11-17(26)13-8-9-16-15-6-3-7-18(15)31-19(16)12-13/h8-9,12,14H,3-7,10-11H2,1-2H3,(H,24,30)(H,27,28)/t14-/m1/s1. The molecule has 3 amide bonds. The summed E-state index contributed by atoms with van der Waals surface area (Å²) in [4.78, 5) is 49.7. The summed E-state index contributed by atoms with van der Waals surface area (Å²) in [6.07, 6.45) is 3.31. The molecule has 2 aliphatic rings. The number of rotatable bonds is 8. The monoisotopic (exact) mass is 426 g/mol. The fraction of sp³-hybridized carbons (Fsp3) is 0.478. The van der Waals surface area contributed by atoms with Crippen LogP contribution in [0, 0.1) is 5.92 Å². The number of nitrogens with zero attached hydrogens (tertiary/aromatic N) is 1. The Balaban J connectivity index is 1.38. The van der Waals surface area contributed by atoms with Crippen molar-refractivity contribution in [1.29, 1.82) is 0 Å². The SMILES string of the molecule is CC1(C)NC(=O)N(CCC[C@H](CC(=O)c2ccc3c4c(oc3c2)CCC4)C(=O)O)C1=O. The zero-order chi connectivity index (χ0) is 22.3. The molecule has 1 aliphatic heterocycles. The van der Waals surface area contributed by atoms with Crippen molar-refractivity contribution in [2.75, 3.05) is 6.54 Å². The summed E-state index contributed by atoms with van der Waals surface area (Å²) in [7, 11) is 0. The van der Waals surface area contributed by atoms with E-state index >= 15 is 0 Å². The maximum Gasteiger partial charge on any atom is 0.325 e. The first-order valence-corrected chi connectivity index (χ1v) is 10.6. The van der Waals surface area contributed by atoms with Crippen molar-refractivity contribution in [2.24, 2.45) is 5.92 Å². The molecule has 8 heteroatoms. The third-order valence-corrected chi connectivity index (χ3v) is 6.19. The summed E-state index contributed by atoms with van der Waals surface area (Å²) >= 11 is 0. The minimum absolute atomic E-state index is 0.121. The predicted octanol–water partition coefficient (Wildman–Crippen LogP) is 3.31. The molecule has 1 fully saturated rings. The van der Waals surface area contributed by atoms with Gasteiger partial charge in [-0.2, -0.15) is 0 Å². The van der Waals surface area contributed by atoms with Gasteiger partial charge in [0.05, 0.1) is 5.92 Å². The summed E-state index contributed by atoms with van der Waals surface area (Å²) in [5, 5.41) is 13.2. The van der Waals surface area contributed by atoms with Crippen LogP contribution >= 0.6 is 0 Å².